The number of alkyl halides is 3. The Morgan fingerprint density at radius 2 is 1.94 bits per heavy atom. The van der Waals surface area contributed by atoms with Crippen molar-refractivity contribution >= 4 is 5.97 Å². The van der Waals surface area contributed by atoms with E-state index in [-0.39, 0.29) is 0 Å². The van der Waals surface area contributed by atoms with Crippen LogP contribution in [0, 0.1) is 5.92 Å². The zero-order chi connectivity index (χ0) is 13.3. The molecule has 17 heavy (non-hydrogen) atoms. The number of hydrogen-bond acceptors (Lipinski definition) is 3. The van der Waals surface area contributed by atoms with Crippen molar-refractivity contribution in [1.29, 1.82) is 0 Å². The predicted molar refractivity (Wildman–Crippen MR) is 56.2 cm³/mol. The molecule has 1 rings (SSSR count). The van der Waals surface area contributed by atoms with E-state index in [2.05, 4.69) is 0 Å². The Morgan fingerprint density at radius 3 is 2.41 bits per heavy atom. The van der Waals surface area contributed by atoms with Crippen molar-refractivity contribution in [2.45, 2.75) is 57.3 Å². The summed E-state index contributed by atoms with van der Waals surface area (Å²) in [5.41, 5.74) is 2.07. The van der Waals surface area contributed by atoms with Gasteiger partial charge in [-0.05, 0) is 32.1 Å². The molecule has 0 amide bonds. The fraction of sp³-hybridized carbons (Fsp3) is 0.909. The van der Waals surface area contributed by atoms with E-state index in [1.807, 2.05) is 6.92 Å². The van der Waals surface area contributed by atoms with E-state index < -0.39 is 23.8 Å². The van der Waals surface area contributed by atoms with Crippen LogP contribution < -0.4 is 5.73 Å². The molecule has 0 aromatic rings. The van der Waals surface area contributed by atoms with Crippen LogP contribution in [0.1, 0.15) is 39.5 Å². The molecule has 6 heteroatoms. The number of nitrogens with two attached hydrogens (primary N) is 1. The molecule has 3 atom stereocenters. The molecule has 3 nitrogen and oxygen atoms in total. The molecule has 1 aliphatic carbocycles. The Bertz CT molecular complexity index is 289. The molecule has 0 saturated heterocycles. The number of carbonyl (C=O) groups excluding carboxylic acids is 1. The van der Waals surface area contributed by atoms with Gasteiger partial charge in [0.15, 0.2) is 0 Å². The molecule has 1 saturated carbocycles. The summed E-state index contributed by atoms with van der Waals surface area (Å²) in [6.07, 6.45) is -2.11. The van der Waals surface area contributed by atoms with Crippen LogP contribution in [0.3, 0.4) is 0 Å². The monoisotopic (exact) mass is 253 g/mol. The van der Waals surface area contributed by atoms with Gasteiger partial charge in [0.25, 0.3) is 0 Å². The van der Waals surface area contributed by atoms with Gasteiger partial charge >= 0.3 is 12.1 Å². The third-order valence-electron chi connectivity index (χ3n) is 3.17. The van der Waals surface area contributed by atoms with Crippen molar-refractivity contribution < 1.29 is 22.7 Å². The van der Waals surface area contributed by atoms with Gasteiger partial charge in [-0.1, -0.05) is 13.3 Å². The standard InChI is InChI=1S/C11H18F3NO2/c1-7-4-3-5-8(6-7)17-9(16)10(2,15)11(12,13)14/h7-8H,3-6,15H2,1-2H3. The van der Waals surface area contributed by atoms with E-state index in [9.17, 15) is 18.0 Å². The van der Waals surface area contributed by atoms with Gasteiger partial charge in [0, 0.05) is 0 Å². The minimum atomic E-state index is -4.79. The first-order valence-electron chi connectivity index (χ1n) is 5.71. The molecule has 3 unspecified atom stereocenters. The van der Waals surface area contributed by atoms with Crippen LogP contribution >= 0.6 is 0 Å². The zero-order valence-electron chi connectivity index (χ0n) is 10.0. The number of halogens is 3. The van der Waals surface area contributed by atoms with Gasteiger partial charge in [-0.25, -0.2) is 4.79 Å². The van der Waals surface area contributed by atoms with Crippen LogP contribution in [0.2, 0.25) is 0 Å². The number of carbonyl (C=O) groups is 1. The molecule has 100 valence electrons. The second-order valence-corrected chi connectivity index (χ2v) is 5.00. The van der Waals surface area contributed by atoms with Crippen molar-refractivity contribution in [3.05, 3.63) is 0 Å². The van der Waals surface area contributed by atoms with E-state index >= 15 is 0 Å². The van der Waals surface area contributed by atoms with Crippen LogP contribution in [-0.2, 0) is 9.53 Å². The molecule has 0 aromatic heterocycles. The Morgan fingerprint density at radius 1 is 1.35 bits per heavy atom. The lowest BCUT2D eigenvalue weighted by atomic mass is 9.88. The summed E-state index contributed by atoms with van der Waals surface area (Å²) in [6.45, 7) is 2.63. The molecular weight excluding hydrogens is 235 g/mol. The van der Waals surface area contributed by atoms with Crippen molar-refractivity contribution in [3.63, 3.8) is 0 Å². The van der Waals surface area contributed by atoms with Crippen molar-refractivity contribution in [1.82, 2.24) is 0 Å². The first kappa shape index (κ1) is 14.3. The lowest BCUT2D eigenvalue weighted by molar-refractivity contribution is -0.206. The van der Waals surface area contributed by atoms with Crippen LogP contribution in [0.5, 0.6) is 0 Å². The molecule has 0 radical (unpaired) electrons. The highest BCUT2D eigenvalue weighted by Crippen LogP contribution is 2.31. The van der Waals surface area contributed by atoms with E-state index in [0.29, 0.717) is 25.7 Å². The quantitative estimate of drug-likeness (QED) is 0.769. The van der Waals surface area contributed by atoms with E-state index in [1.165, 1.54) is 0 Å². The summed E-state index contributed by atoms with van der Waals surface area (Å²) >= 11 is 0. The number of hydrogen-bond donors (Lipinski definition) is 1. The highest BCUT2D eigenvalue weighted by atomic mass is 19.4. The lowest BCUT2D eigenvalue weighted by Gasteiger charge is -2.31. The van der Waals surface area contributed by atoms with Crippen LogP contribution in [0.15, 0.2) is 0 Å². The smallest absolute Gasteiger partial charge is 0.416 e. The Balaban J connectivity index is 2.60. The van der Waals surface area contributed by atoms with Crippen LogP contribution in [0.4, 0.5) is 13.2 Å². The van der Waals surface area contributed by atoms with E-state index in [1.54, 1.807) is 0 Å². The second-order valence-electron chi connectivity index (χ2n) is 5.00. The topological polar surface area (TPSA) is 52.3 Å². The largest absolute Gasteiger partial charge is 0.461 e. The van der Waals surface area contributed by atoms with E-state index in [0.717, 1.165) is 12.8 Å². The van der Waals surface area contributed by atoms with Gasteiger partial charge in [-0.15, -0.1) is 0 Å². The SMILES string of the molecule is CC1CCCC(OC(=O)C(C)(N)C(F)(F)F)C1. The lowest BCUT2D eigenvalue weighted by Crippen LogP contribution is -2.58. The van der Waals surface area contributed by atoms with Gasteiger partial charge in [-0.2, -0.15) is 13.2 Å². The molecule has 2 N–H and O–H groups in total. The highest BCUT2D eigenvalue weighted by molar-refractivity contribution is 5.81. The molecule has 0 spiro atoms. The van der Waals surface area contributed by atoms with Gasteiger partial charge in [-0.3, -0.25) is 0 Å². The van der Waals surface area contributed by atoms with Crippen molar-refractivity contribution in [2.75, 3.05) is 0 Å². The minimum Gasteiger partial charge on any atom is -0.461 e. The Kier molecular flexibility index (Phi) is 4.06. The maximum atomic E-state index is 12.5. The van der Waals surface area contributed by atoms with Gasteiger partial charge in [0.2, 0.25) is 5.54 Å². The van der Waals surface area contributed by atoms with Gasteiger partial charge < -0.3 is 10.5 Å². The third kappa shape index (κ3) is 3.34. The summed E-state index contributed by atoms with van der Waals surface area (Å²) in [4.78, 5) is 11.4. The summed E-state index contributed by atoms with van der Waals surface area (Å²) < 4.78 is 42.3. The average molecular weight is 253 g/mol. The molecular formula is C11H18F3NO2. The maximum Gasteiger partial charge on any atom is 0.416 e. The third-order valence-corrected chi connectivity index (χ3v) is 3.17. The molecule has 0 aliphatic heterocycles. The van der Waals surface area contributed by atoms with Gasteiger partial charge in [0.1, 0.15) is 6.10 Å². The molecule has 0 heterocycles. The maximum absolute atomic E-state index is 12.5. The summed E-state index contributed by atoms with van der Waals surface area (Å²) in [5.74, 6) is -1.01. The van der Waals surface area contributed by atoms with Crippen LogP contribution in [0.25, 0.3) is 0 Å². The van der Waals surface area contributed by atoms with Crippen LogP contribution in [-0.4, -0.2) is 23.8 Å². The summed E-state index contributed by atoms with van der Waals surface area (Å²) in [5, 5.41) is 0. The Hall–Kier alpha value is -0.780. The predicted octanol–water partition coefficient (Wildman–Crippen LogP) is 2.39. The van der Waals surface area contributed by atoms with Gasteiger partial charge in [0.05, 0.1) is 0 Å². The normalized spacial score (nSPS) is 29.5. The minimum absolute atomic E-state index is 0.372. The molecule has 1 fully saturated rings. The number of rotatable bonds is 2. The van der Waals surface area contributed by atoms with Crippen molar-refractivity contribution in [2.24, 2.45) is 11.7 Å². The van der Waals surface area contributed by atoms with Crippen molar-refractivity contribution in [3.8, 4) is 0 Å². The number of esters is 1. The summed E-state index contributed by atoms with van der Waals surface area (Å²) in [7, 11) is 0. The molecule has 0 aromatic carbocycles. The number of ether oxygens (including phenoxy) is 1. The zero-order valence-corrected chi connectivity index (χ0v) is 10.0. The fourth-order valence-electron chi connectivity index (χ4n) is 1.88. The second kappa shape index (κ2) is 4.84. The summed E-state index contributed by atoms with van der Waals surface area (Å²) in [6, 6.07) is 0. The fourth-order valence-corrected chi connectivity index (χ4v) is 1.88. The first-order chi connectivity index (χ1) is 7.64. The molecule has 0 bridgehead atoms. The van der Waals surface area contributed by atoms with E-state index in [4.69, 9.17) is 10.5 Å². The average Bonchev–Trinajstić information content (AvgIpc) is 2.15. The molecule has 1 aliphatic rings. The first-order valence-corrected chi connectivity index (χ1v) is 5.71. The highest BCUT2D eigenvalue weighted by Gasteiger charge is 2.55. The Labute approximate surface area is 98.5 Å².